The number of hydrogen-bond acceptors (Lipinski definition) is 8. The quantitative estimate of drug-likeness (QED) is 0.0239. The van der Waals surface area contributed by atoms with Crippen molar-refractivity contribution >= 4 is 13.8 Å². The summed E-state index contributed by atoms with van der Waals surface area (Å²) in [6.07, 6.45) is 48.9. The van der Waals surface area contributed by atoms with Gasteiger partial charge in [-0.2, -0.15) is 0 Å². The Morgan fingerprint density at radius 2 is 1.02 bits per heavy atom. The largest absolute Gasteiger partial charge is 0.472 e. The highest BCUT2D eigenvalue weighted by molar-refractivity contribution is 7.47. The Labute approximate surface area is 342 Å². The predicted molar refractivity (Wildman–Crippen MR) is 233 cm³/mol. The molecule has 3 N–H and O–H groups in total. The second kappa shape index (κ2) is 42.8. The van der Waals surface area contributed by atoms with Crippen LogP contribution in [0.4, 0.5) is 0 Å². The molecule has 0 aromatic heterocycles. The van der Waals surface area contributed by atoms with Crippen LogP contribution in [-0.4, -0.2) is 66.3 Å². The van der Waals surface area contributed by atoms with Gasteiger partial charge in [-0.05, 0) is 77.0 Å². The number of hydrogen-bond donors (Lipinski definition) is 3. The molecule has 3 atom stereocenters. The summed E-state index contributed by atoms with van der Waals surface area (Å²) in [4.78, 5) is 22.6. The maximum absolute atomic E-state index is 12.6. The van der Waals surface area contributed by atoms with Gasteiger partial charge in [-0.3, -0.25) is 13.8 Å². The van der Waals surface area contributed by atoms with Crippen LogP contribution in [0.15, 0.2) is 60.8 Å². The fourth-order valence-corrected chi connectivity index (χ4v) is 6.60. The van der Waals surface area contributed by atoms with E-state index in [0.717, 1.165) is 83.5 Å². The van der Waals surface area contributed by atoms with Crippen molar-refractivity contribution in [1.82, 2.24) is 0 Å². The van der Waals surface area contributed by atoms with Crippen molar-refractivity contribution < 1.29 is 43.0 Å². The average molecular weight is 811 g/mol. The van der Waals surface area contributed by atoms with Crippen molar-refractivity contribution in [2.75, 3.05) is 33.0 Å². The highest BCUT2D eigenvalue weighted by Gasteiger charge is 2.26. The standard InChI is InChI=1S/C46H83O9P/c1-3-5-7-9-11-13-15-17-19-20-21-22-23-24-25-26-28-30-32-34-36-38-46(49)55-45(43-54-56(50,51)53-41-44(48)40-47)42-52-39-37-35-33-31-29-27-18-16-14-12-10-8-6-4-2/h5,7,11,13-14,16-17,19,21-22,44-45,47-48H,3-4,6,8-10,12,15,18,20,23-43H2,1-2H3,(H,50,51)/b7-5-,13-11-,16-14-,19-17-,22-21-. The molecule has 0 aliphatic rings. The Balaban J connectivity index is 4.17. The maximum Gasteiger partial charge on any atom is 0.472 e. The molecule has 0 amide bonds. The smallest absolute Gasteiger partial charge is 0.457 e. The SMILES string of the molecule is CC/C=C\C/C=C\C/C=C\C/C=C\CCCCCCCCCCC(=O)OC(COCCCCCCCC/C=C\CCCCCC)COP(=O)(O)OCC(O)CO. The second-order valence-electron chi connectivity index (χ2n) is 14.7. The number of phosphoric ester groups is 1. The normalized spacial score (nSPS) is 14.6. The summed E-state index contributed by atoms with van der Waals surface area (Å²) in [6.45, 7) is 3.37. The van der Waals surface area contributed by atoms with Crippen LogP contribution in [0.3, 0.4) is 0 Å². The van der Waals surface area contributed by atoms with Crippen LogP contribution >= 0.6 is 7.82 Å². The zero-order valence-electron chi connectivity index (χ0n) is 35.6. The van der Waals surface area contributed by atoms with Crippen LogP contribution in [0.1, 0.15) is 181 Å². The minimum Gasteiger partial charge on any atom is -0.457 e. The summed E-state index contributed by atoms with van der Waals surface area (Å²) >= 11 is 0. The first kappa shape index (κ1) is 54.2. The summed E-state index contributed by atoms with van der Waals surface area (Å²) in [5, 5.41) is 18.4. The molecule has 3 unspecified atom stereocenters. The molecule has 0 saturated heterocycles. The predicted octanol–water partition coefficient (Wildman–Crippen LogP) is 12.4. The number of phosphoric acid groups is 1. The minimum absolute atomic E-state index is 0.0397. The molecule has 9 nitrogen and oxygen atoms in total. The monoisotopic (exact) mass is 811 g/mol. The third-order valence-corrected chi connectivity index (χ3v) is 10.1. The first-order chi connectivity index (χ1) is 27.3. The number of unbranched alkanes of at least 4 members (excludes halogenated alkanes) is 18. The molecular formula is C46H83O9P. The number of carbonyl (C=O) groups is 1. The van der Waals surface area contributed by atoms with E-state index in [2.05, 4.69) is 74.6 Å². The lowest BCUT2D eigenvalue weighted by Gasteiger charge is -2.20. The van der Waals surface area contributed by atoms with E-state index in [4.69, 9.17) is 23.6 Å². The summed E-state index contributed by atoms with van der Waals surface area (Å²) in [5.74, 6) is -0.395. The minimum atomic E-state index is -4.52. The molecule has 0 rings (SSSR count). The van der Waals surface area contributed by atoms with Gasteiger partial charge in [0, 0.05) is 13.0 Å². The number of rotatable bonds is 42. The van der Waals surface area contributed by atoms with E-state index in [0.29, 0.717) is 6.61 Å². The van der Waals surface area contributed by atoms with Crippen LogP contribution in [0.5, 0.6) is 0 Å². The first-order valence-corrected chi connectivity index (χ1v) is 23.8. The van der Waals surface area contributed by atoms with E-state index in [1.807, 2.05) is 0 Å². The average Bonchev–Trinajstić information content (AvgIpc) is 3.19. The lowest BCUT2D eigenvalue weighted by molar-refractivity contribution is -0.154. The third-order valence-electron chi connectivity index (χ3n) is 9.19. The Hall–Kier alpha value is -1.84. The molecule has 326 valence electrons. The van der Waals surface area contributed by atoms with Gasteiger partial charge in [0.2, 0.25) is 0 Å². The molecular weight excluding hydrogens is 727 g/mol. The molecule has 56 heavy (non-hydrogen) atoms. The second-order valence-corrected chi connectivity index (χ2v) is 16.1. The van der Waals surface area contributed by atoms with E-state index in [1.165, 1.54) is 77.0 Å². The van der Waals surface area contributed by atoms with Crippen LogP contribution < -0.4 is 0 Å². The number of aliphatic hydroxyl groups is 2. The molecule has 0 saturated carbocycles. The van der Waals surface area contributed by atoms with Crippen LogP contribution in [0, 0.1) is 0 Å². The zero-order chi connectivity index (χ0) is 41.1. The third kappa shape index (κ3) is 41.8. The number of aliphatic hydroxyl groups excluding tert-OH is 2. The Morgan fingerprint density at radius 3 is 1.55 bits per heavy atom. The van der Waals surface area contributed by atoms with Crippen molar-refractivity contribution in [2.45, 2.75) is 193 Å². The highest BCUT2D eigenvalue weighted by atomic mass is 31.2. The van der Waals surface area contributed by atoms with Crippen LogP contribution in [-0.2, 0) is 27.9 Å². The molecule has 10 heteroatoms. The number of esters is 1. The van der Waals surface area contributed by atoms with Crippen molar-refractivity contribution in [3.63, 3.8) is 0 Å². The lowest BCUT2D eigenvalue weighted by atomic mass is 10.1. The molecule has 0 aromatic carbocycles. The number of allylic oxidation sites excluding steroid dienone is 10. The summed E-state index contributed by atoms with van der Waals surface area (Å²) in [5.41, 5.74) is 0. The van der Waals surface area contributed by atoms with Crippen molar-refractivity contribution in [3.05, 3.63) is 60.8 Å². The van der Waals surface area contributed by atoms with E-state index < -0.39 is 39.2 Å². The zero-order valence-corrected chi connectivity index (χ0v) is 36.5. The fraction of sp³-hybridized carbons (Fsp3) is 0.761. The summed E-state index contributed by atoms with van der Waals surface area (Å²) in [7, 11) is -4.52. The van der Waals surface area contributed by atoms with Gasteiger partial charge in [-0.1, -0.05) is 158 Å². The van der Waals surface area contributed by atoms with E-state index in [1.54, 1.807) is 0 Å². The summed E-state index contributed by atoms with van der Waals surface area (Å²) < 4.78 is 33.4. The molecule has 0 aliphatic carbocycles. The Kier molecular flexibility index (Phi) is 41.4. The first-order valence-electron chi connectivity index (χ1n) is 22.3. The van der Waals surface area contributed by atoms with Crippen LogP contribution in [0.2, 0.25) is 0 Å². The van der Waals surface area contributed by atoms with Gasteiger partial charge in [0.25, 0.3) is 0 Å². The number of ether oxygens (including phenoxy) is 2. The van der Waals surface area contributed by atoms with Gasteiger partial charge in [-0.25, -0.2) is 4.57 Å². The van der Waals surface area contributed by atoms with Crippen molar-refractivity contribution in [2.24, 2.45) is 0 Å². The molecule has 0 aliphatic heterocycles. The van der Waals surface area contributed by atoms with Crippen molar-refractivity contribution in [1.29, 1.82) is 0 Å². The van der Waals surface area contributed by atoms with E-state index in [-0.39, 0.29) is 19.6 Å². The molecule has 0 radical (unpaired) electrons. The Bertz CT molecular complexity index is 1060. The van der Waals surface area contributed by atoms with Gasteiger partial charge < -0.3 is 24.6 Å². The van der Waals surface area contributed by atoms with E-state index >= 15 is 0 Å². The molecule has 0 heterocycles. The fourth-order valence-electron chi connectivity index (χ4n) is 5.81. The molecule has 0 fully saturated rings. The number of carbonyl (C=O) groups excluding carboxylic acids is 1. The van der Waals surface area contributed by atoms with Gasteiger partial charge >= 0.3 is 13.8 Å². The highest BCUT2D eigenvalue weighted by Crippen LogP contribution is 2.43. The molecule has 0 spiro atoms. The summed E-state index contributed by atoms with van der Waals surface area (Å²) in [6, 6.07) is 0. The van der Waals surface area contributed by atoms with Gasteiger partial charge in [0.1, 0.15) is 12.2 Å². The Morgan fingerprint density at radius 1 is 0.571 bits per heavy atom. The molecule has 0 bridgehead atoms. The van der Waals surface area contributed by atoms with Gasteiger partial charge in [0.15, 0.2) is 0 Å². The topological polar surface area (TPSA) is 132 Å². The lowest BCUT2D eigenvalue weighted by Crippen LogP contribution is -2.29. The van der Waals surface area contributed by atoms with Gasteiger partial charge in [-0.15, -0.1) is 0 Å². The van der Waals surface area contributed by atoms with Crippen molar-refractivity contribution in [3.8, 4) is 0 Å². The maximum atomic E-state index is 12.6. The molecule has 0 aromatic rings. The van der Waals surface area contributed by atoms with E-state index in [9.17, 15) is 19.4 Å². The van der Waals surface area contributed by atoms with Gasteiger partial charge in [0.05, 0.1) is 26.4 Å². The van der Waals surface area contributed by atoms with Crippen LogP contribution in [0.25, 0.3) is 0 Å².